The summed E-state index contributed by atoms with van der Waals surface area (Å²) < 4.78 is 12.1. The number of pyridine rings is 1. The number of benzene rings is 2. The van der Waals surface area contributed by atoms with E-state index in [0.29, 0.717) is 36.3 Å². The van der Waals surface area contributed by atoms with Crippen LogP contribution in [0, 0.1) is 0 Å². The van der Waals surface area contributed by atoms with E-state index in [1.54, 1.807) is 0 Å². The second kappa shape index (κ2) is 11.3. The third-order valence-electron chi connectivity index (χ3n) is 4.84. The van der Waals surface area contributed by atoms with Crippen LogP contribution in [0.4, 0.5) is 0 Å². The molecule has 0 saturated heterocycles. The van der Waals surface area contributed by atoms with Crippen LogP contribution in [0.1, 0.15) is 34.7 Å². The van der Waals surface area contributed by atoms with E-state index in [-0.39, 0.29) is 54.1 Å². The van der Waals surface area contributed by atoms with Gasteiger partial charge in [-0.15, -0.1) is 0 Å². The number of nitrogens with zero attached hydrogens (tertiary/aromatic N) is 3. The average Bonchev–Trinajstić information content (AvgIpc) is 3.46. The number of aromatic nitrogens is 1. The number of rotatable bonds is 4. The fourth-order valence-electron chi connectivity index (χ4n) is 3.39. The monoisotopic (exact) mass is 495 g/mol. The first kappa shape index (κ1) is 24.9. The van der Waals surface area contributed by atoms with Crippen LogP contribution in [0.15, 0.2) is 88.8 Å². The van der Waals surface area contributed by atoms with E-state index in [9.17, 15) is 0 Å². The maximum absolute atomic E-state index is 6.05. The third kappa shape index (κ3) is 5.46. The smallest absolute Gasteiger partial charge is 1.00 e. The van der Waals surface area contributed by atoms with Crippen LogP contribution in [0.25, 0.3) is 0 Å². The van der Waals surface area contributed by atoms with Crippen molar-refractivity contribution in [2.75, 3.05) is 13.1 Å². The molecular weight excluding hydrogens is 477 g/mol. The molecule has 8 heteroatoms. The van der Waals surface area contributed by atoms with Crippen LogP contribution >= 0.6 is 0 Å². The van der Waals surface area contributed by atoms with Gasteiger partial charge in [-0.05, 0) is 23.3 Å². The minimum absolute atomic E-state index is 0. The van der Waals surface area contributed by atoms with Gasteiger partial charge in [-0.2, -0.15) is 0 Å². The largest absolute Gasteiger partial charge is 2.00 e. The molecule has 5 rings (SSSR count). The molecule has 31 heavy (non-hydrogen) atoms. The summed E-state index contributed by atoms with van der Waals surface area (Å²) in [6.07, 6.45) is -0.131. The van der Waals surface area contributed by atoms with Gasteiger partial charge in [0.15, 0.2) is 0 Å². The molecule has 2 unspecified atom stereocenters. The Balaban J connectivity index is 0.00000114. The van der Waals surface area contributed by atoms with Gasteiger partial charge in [-0.25, -0.2) is 15.0 Å². The van der Waals surface area contributed by atoms with E-state index in [1.165, 1.54) is 0 Å². The zero-order valence-corrected chi connectivity index (χ0v) is 19.0. The molecule has 0 bridgehead atoms. The molecule has 0 N–H and O–H groups in total. The first-order valence-electron chi connectivity index (χ1n) is 9.37. The van der Waals surface area contributed by atoms with Crippen molar-refractivity contribution in [1.82, 2.24) is 4.98 Å². The number of ether oxygens (including phenoxy) is 2. The number of hydrogen-bond acceptors (Lipinski definition) is 5. The summed E-state index contributed by atoms with van der Waals surface area (Å²) in [4.78, 5) is 13.8. The molecular formula is C23H19Cl2FeN3O2. The first-order valence-corrected chi connectivity index (χ1v) is 9.37. The Morgan fingerprint density at radius 1 is 0.581 bits per heavy atom. The number of aliphatic imine (C=N–C) groups is 2. The molecule has 2 aliphatic heterocycles. The summed E-state index contributed by atoms with van der Waals surface area (Å²) in [5.74, 6) is 1.13. The minimum Gasteiger partial charge on any atom is -1.00 e. The molecule has 0 radical (unpaired) electrons. The second-order valence-corrected chi connectivity index (χ2v) is 6.73. The SMILES string of the molecule is [Cl-].[Cl-].[Fe+2].c1ccc(C2CN=C(c3cccc(C4=NCC(c5ccccc5)O4)n3)O2)cc1. The van der Waals surface area contributed by atoms with E-state index >= 15 is 0 Å². The fourth-order valence-corrected chi connectivity index (χ4v) is 3.39. The summed E-state index contributed by atoms with van der Waals surface area (Å²) in [6, 6.07) is 26.0. The van der Waals surface area contributed by atoms with E-state index < -0.39 is 0 Å². The Kier molecular flexibility index (Phi) is 9.08. The molecule has 1 aromatic heterocycles. The summed E-state index contributed by atoms with van der Waals surface area (Å²) in [5, 5.41) is 0. The van der Waals surface area contributed by atoms with Gasteiger partial charge >= 0.3 is 17.1 Å². The van der Waals surface area contributed by atoms with Crippen molar-refractivity contribution in [2.45, 2.75) is 12.2 Å². The second-order valence-electron chi connectivity index (χ2n) is 6.73. The Morgan fingerprint density at radius 2 is 1.00 bits per heavy atom. The van der Waals surface area contributed by atoms with Gasteiger partial charge in [0.2, 0.25) is 11.8 Å². The van der Waals surface area contributed by atoms with E-state index in [4.69, 9.17) is 9.47 Å². The van der Waals surface area contributed by atoms with Crippen molar-refractivity contribution in [2.24, 2.45) is 9.98 Å². The summed E-state index contributed by atoms with van der Waals surface area (Å²) >= 11 is 0. The van der Waals surface area contributed by atoms with Crippen LogP contribution in [-0.4, -0.2) is 29.9 Å². The maximum atomic E-state index is 6.05. The maximum Gasteiger partial charge on any atom is 2.00 e. The van der Waals surface area contributed by atoms with Crippen LogP contribution in [0.5, 0.6) is 0 Å². The van der Waals surface area contributed by atoms with Gasteiger partial charge < -0.3 is 34.3 Å². The van der Waals surface area contributed by atoms with E-state index in [1.807, 2.05) is 54.6 Å². The Labute approximate surface area is 204 Å². The van der Waals surface area contributed by atoms with Crippen molar-refractivity contribution in [3.05, 3.63) is 101 Å². The molecule has 0 fully saturated rings. The molecule has 2 atom stereocenters. The predicted molar refractivity (Wildman–Crippen MR) is 108 cm³/mol. The molecule has 3 heterocycles. The molecule has 0 spiro atoms. The summed E-state index contributed by atoms with van der Waals surface area (Å²) in [5.41, 5.74) is 3.63. The minimum atomic E-state index is -0.0656. The quantitative estimate of drug-likeness (QED) is 0.398. The molecule has 3 aromatic rings. The Bertz CT molecular complexity index is 968. The van der Waals surface area contributed by atoms with Gasteiger partial charge in [0.1, 0.15) is 23.6 Å². The zero-order chi connectivity index (χ0) is 18.8. The van der Waals surface area contributed by atoms with Gasteiger partial charge in [-0.1, -0.05) is 66.7 Å². The standard InChI is InChI=1S/C23H19N3O2.2ClH.Fe/c1-3-8-16(9-4-1)20-14-24-22(27-20)18-12-7-13-19(26-18)23-25-15-21(28-23)17-10-5-2-6-11-17;;;/h1-13,20-21H,14-15H2;2*1H;/q;;;+2/p-2. The molecule has 0 amide bonds. The van der Waals surface area contributed by atoms with Gasteiger partial charge in [0.25, 0.3) is 0 Å². The number of halogens is 2. The Hall–Kier alpha value is -2.37. The van der Waals surface area contributed by atoms with Crippen molar-refractivity contribution >= 4 is 11.8 Å². The van der Waals surface area contributed by atoms with Crippen molar-refractivity contribution < 1.29 is 51.4 Å². The topological polar surface area (TPSA) is 56.1 Å². The van der Waals surface area contributed by atoms with Crippen LogP contribution < -0.4 is 24.8 Å². The van der Waals surface area contributed by atoms with Crippen molar-refractivity contribution in [3.8, 4) is 0 Å². The van der Waals surface area contributed by atoms with Crippen molar-refractivity contribution in [3.63, 3.8) is 0 Å². The summed E-state index contributed by atoms with van der Waals surface area (Å²) in [6.45, 7) is 1.19. The zero-order valence-electron chi connectivity index (χ0n) is 16.3. The Morgan fingerprint density at radius 3 is 1.42 bits per heavy atom. The molecule has 0 saturated carbocycles. The van der Waals surface area contributed by atoms with Crippen molar-refractivity contribution in [1.29, 1.82) is 0 Å². The molecule has 2 aromatic carbocycles. The first-order chi connectivity index (χ1) is 13.9. The van der Waals surface area contributed by atoms with Crippen LogP contribution in [-0.2, 0) is 26.5 Å². The van der Waals surface area contributed by atoms with Gasteiger partial charge in [-0.3, -0.25) is 0 Å². The molecule has 2 aliphatic rings. The van der Waals surface area contributed by atoms with Gasteiger partial charge in [0.05, 0.1) is 13.1 Å². The molecule has 0 aliphatic carbocycles. The number of hydrogen-bond donors (Lipinski definition) is 0. The van der Waals surface area contributed by atoms with Crippen LogP contribution in [0.3, 0.4) is 0 Å². The van der Waals surface area contributed by atoms with Gasteiger partial charge in [0, 0.05) is 0 Å². The van der Waals surface area contributed by atoms with E-state index in [0.717, 1.165) is 11.1 Å². The molecule has 5 nitrogen and oxygen atoms in total. The fraction of sp³-hybridized carbons (Fsp3) is 0.174. The average molecular weight is 496 g/mol. The third-order valence-corrected chi connectivity index (χ3v) is 4.84. The van der Waals surface area contributed by atoms with Crippen LogP contribution in [0.2, 0.25) is 0 Å². The summed E-state index contributed by atoms with van der Waals surface area (Å²) in [7, 11) is 0. The predicted octanol–water partition coefficient (Wildman–Crippen LogP) is -1.88. The molecule has 160 valence electrons. The van der Waals surface area contributed by atoms with E-state index in [2.05, 4.69) is 39.2 Å². The normalized spacial score (nSPS) is 18.8.